The van der Waals surface area contributed by atoms with Crippen molar-refractivity contribution in [1.82, 2.24) is 9.55 Å². The van der Waals surface area contributed by atoms with Gasteiger partial charge in [0.1, 0.15) is 0 Å². The summed E-state index contributed by atoms with van der Waals surface area (Å²) in [4.78, 5) is 17.3. The number of carbonyl (C=O) groups is 1. The first-order valence-electron chi connectivity index (χ1n) is 9.86. The molecule has 2 aromatic carbocycles. The molecule has 2 aromatic heterocycles. The molecule has 6 heteroatoms. The molecule has 0 fully saturated rings. The summed E-state index contributed by atoms with van der Waals surface area (Å²) in [6.07, 6.45) is 2.39. The Morgan fingerprint density at radius 1 is 1.17 bits per heavy atom. The molecule has 154 valence electrons. The quantitative estimate of drug-likeness (QED) is 0.359. The number of nitrogens with zero attached hydrogens (tertiary/aromatic N) is 2. The third-order valence-corrected chi connectivity index (χ3v) is 6.24. The number of aromatic nitrogens is 2. The molecule has 4 rings (SSSR count). The van der Waals surface area contributed by atoms with Gasteiger partial charge in [0.2, 0.25) is 5.91 Å². The SMILES string of the molecule is CC(C)(C)c1csc(NC(=O)Cc2cn(Cc3ccccc3)c3ccc(Br)cc23)n1. The number of anilines is 1. The van der Waals surface area contributed by atoms with Gasteiger partial charge in [0.15, 0.2) is 5.13 Å². The summed E-state index contributed by atoms with van der Waals surface area (Å²) >= 11 is 5.04. The fraction of sp³-hybridized carbons (Fsp3) is 0.250. The zero-order valence-corrected chi connectivity index (χ0v) is 19.7. The summed E-state index contributed by atoms with van der Waals surface area (Å²) in [6, 6.07) is 16.6. The lowest BCUT2D eigenvalue weighted by Crippen LogP contribution is -2.15. The lowest BCUT2D eigenvalue weighted by molar-refractivity contribution is -0.115. The average molecular weight is 482 g/mol. The molecule has 0 aliphatic carbocycles. The van der Waals surface area contributed by atoms with E-state index in [2.05, 4.69) is 82.0 Å². The van der Waals surface area contributed by atoms with Crippen LogP contribution >= 0.6 is 27.3 Å². The van der Waals surface area contributed by atoms with Crippen molar-refractivity contribution in [2.24, 2.45) is 0 Å². The van der Waals surface area contributed by atoms with Crippen molar-refractivity contribution in [3.8, 4) is 0 Å². The van der Waals surface area contributed by atoms with Crippen LogP contribution in [0.25, 0.3) is 10.9 Å². The molecule has 30 heavy (non-hydrogen) atoms. The van der Waals surface area contributed by atoms with Gasteiger partial charge in [-0.3, -0.25) is 4.79 Å². The lowest BCUT2D eigenvalue weighted by Gasteiger charge is -2.14. The molecular formula is C24H24BrN3OS. The molecule has 2 heterocycles. The van der Waals surface area contributed by atoms with E-state index in [9.17, 15) is 4.79 Å². The van der Waals surface area contributed by atoms with Crippen molar-refractivity contribution >= 4 is 49.2 Å². The first kappa shape index (κ1) is 20.8. The van der Waals surface area contributed by atoms with Gasteiger partial charge in [-0.25, -0.2) is 4.98 Å². The van der Waals surface area contributed by atoms with E-state index >= 15 is 0 Å². The van der Waals surface area contributed by atoms with E-state index in [0.29, 0.717) is 11.6 Å². The van der Waals surface area contributed by atoms with E-state index < -0.39 is 0 Å². The van der Waals surface area contributed by atoms with Crippen LogP contribution in [0, 0.1) is 0 Å². The highest BCUT2D eigenvalue weighted by molar-refractivity contribution is 9.10. The number of hydrogen-bond donors (Lipinski definition) is 1. The van der Waals surface area contributed by atoms with Crippen LogP contribution in [-0.4, -0.2) is 15.5 Å². The Morgan fingerprint density at radius 3 is 2.63 bits per heavy atom. The van der Waals surface area contributed by atoms with Gasteiger partial charge < -0.3 is 9.88 Å². The summed E-state index contributed by atoms with van der Waals surface area (Å²) in [7, 11) is 0. The minimum atomic E-state index is -0.0523. The van der Waals surface area contributed by atoms with E-state index in [0.717, 1.165) is 33.2 Å². The molecule has 0 aliphatic rings. The van der Waals surface area contributed by atoms with Crippen molar-refractivity contribution in [2.75, 3.05) is 5.32 Å². The van der Waals surface area contributed by atoms with E-state index in [4.69, 9.17) is 0 Å². The van der Waals surface area contributed by atoms with Crippen LogP contribution in [0.15, 0.2) is 64.6 Å². The zero-order chi connectivity index (χ0) is 21.3. The number of amides is 1. The lowest BCUT2D eigenvalue weighted by atomic mass is 9.93. The molecule has 1 amide bonds. The van der Waals surface area contributed by atoms with Crippen molar-refractivity contribution in [3.63, 3.8) is 0 Å². The Balaban J connectivity index is 1.58. The van der Waals surface area contributed by atoms with Gasteiger partial charge in [0, 0.05) is 38.9 Å². The molecule has 0 aliphatic heterocycles. The second kappa shape index (κ2) is 8.36. The minimum Gasteiger partial charge on any atom is -0.343 e. The third kappa shape index (κ3) is 4.65. The highest BCUT2D eigenvalue weighted by atomic mass is 79.9. The monoisotopic (exact) mass is 481 g/mol. The van der Waals surface area contributed by atoms with E-state index in [1.807, 2.05) is 29.6 Å². The molecule has 0 radical (unpaired) electrons. The molecular weight excluding hydrogens is 458 g/mol. The number of fused-ring (bicyclic) bond motifs is 1. The Bertz CT molecular complexity index is 1190. The van der Waals surface area contributed by atoms with Gasteiger partial charge in [-0.1, -0.05) is 67.0 Å². The van der Waals surface area contributed by atoms with Crippen molar-refractivity contribution in [2.45, 2.75) is 39.2 Å². The van der Waals surface area contributed by atoms with E-state index in [-0.39, 0.29) is 11.3 Å². The van der Waals surface area contributed by atoms with Crippen LogP contribution in [0.4, 0.5) is 5.13 Å². The highest BCUT2D eigenvalue weighted by Crippen LogP contribution is 2.28. The highest BCUT2D eigenvalue weighted by Gasteiger charge is 2.19. The number of carbonyl (C=O) groups excluding carboxylic acids is 1. The molecule has 0 bridgehead atoms. The predicted molar refractivity (Wildman–Crippen MR) is 128 cm³/mol. The molecule has 4 aromatic rings. The van der Waals surface area contributed by atoms with Gasteiger partial charge in [-0.2, -0.15) is 0 Å². The van der Waals surface area contributed by atoms with Crippen molar-refractivity contribution < 1.29 is 4.79 Å². The Labute approximate surface area is 189 Å². The van der Waals surface area contributed by atoms with Crippen LogP contribution in [0.5, 0.6) is 0 Å². The summed E-state index contributed by atoms with van der Waals surface area (Å²) in [6.45, 7) is 7.12. The van der Waals surface area contributed by atoms with Gasteiger partial charge in [0.05, 0.1) is 12.1 Å². The molecule has 0 unspecified atom stereocenters. The molecule has 0 saturated carbocycles. The van der Waals surface area contributed by atoms with Crippen LogP contribution < -0.4 is 5.32 Å². The van der Waals surface area contributed by atoms with E-state index in [1.165, 1.54) is 16.9 Å². The Morgan fingerprint density at radius 2 is 1.93 bits per heavy atom. The number of hydrogen-bond acceptors (Lipinski definition) is 3. The summed E-state index contributed by atoms with van der Waals surface area (Å²) in [5.41, 5.74) is 4.31. The first-order valence-corrected chi connectivity index (χ1v) is 11.5. The van der Waals surface area contributed by atoms with Crippen LogP contribution in [0.1, 0.15) is 37.6 Å². The summed E-state index contributed by atoms with van der Waals surface area (Å²) in [5.74, 6) is -0.0523. The second-order valence-corrected chi connectivity index (χ2v) is 10.2. The molecule has 4 nitrogen and oxygen atoms in total. The maximum atomic E-state index is 12.8. The van der Waals surface area contributed by atoms with Crippen LogP contribution in [-0.2, 0) is 23.2 Å². The van der Waals surface area contributed by atoms with Crippen molar-refractivity contribution in [3.05, 3.63) is 81.4 Å². The number of nitrogens with one attached hydrogen (secondary N) is 1. The second-order valence-electron chi connectivity index (χ2n) is 8.44. The maximum Gasteiger partial charge on any atom is 0.230 e. The maximum absolute atomic E-state index is 12.8. The predicted octanol–water partition coefficient (Wildman–Crippen LogP) is 6.39. The topological polar surface area (TPSA) is 46.9 Å². The smallest absolute Gasteiger partial charge is 0.230 e. The molecule has 0 saturated heterocycles. The van der Waals surface area contributed by atoms with Crippen LogP contribution in [0.2, 0.25) is 0 Å². The summed E-state index contributed by atoms with van der Waals surface area (Å²) < 4.78 is 3.21. The fourth-order valence-corrected chi connectivity index (χ4v) is 4.72. The van der Waals surface area contributed by atoms with Gasteiger partial charge in [-0.15, -0.1) is 11.3 Å². The number of benzene rings is 2. The Hall–Kier alpha value is -2.44. The van der Waals surface area contributed by atoms with Gasteiger partial charge in [0.25, 0.3) is 0 Å². The molecule has 0 atom stereocenters. The number of halogens is 1. The molecule has 0 spiro atoms. The first-order chi connectivity index (χ1) is 14.3. The molecule has 1 N–H and O–H groups in total. The zero-order valence-electron chi connectivity index (χ0n) is 17.3. The Kier molecular flexibility index (Phi) is 5.80. The standard InChI is InChI=1S/C24H24BrN3OS/c1-24(2,3)21-15-30-23(26-21)27-22(29)11-17-14-28(13-16-7-5-4-6-8-16)20-10-9-18(25)12-19(17)20/h4-10,12,14-15H,11,13H2,1-3H3,(H,26,27,29). The minimum absolute atomic E-state index is 0.0311. The largest absolute Gasteiger partial charge is 0.343 e. The fourth-order valence-electron chi connectivity index (χ4n) is 3.41. The third-order valence-electron chi connectivity index (χ3n) is 4.99. The van der Waals surface area contributed by atoms with Gasteiger partial charge >= 0.3 is 0 Å². The average Bonchev–Trinajstić information content (AvgIpc) is 3.28. The van der Waals surface area contributed by atoms with E-state index in [1.54, 1.807) is 0 Å². The van der Waals surface area contributed by atoms with Crippen molar-refractivity contribution in [1.29, 1.82) is 0 Å². The number of thiazole rings is 1. The normalized spacial score (nSPS) is 11.7. The van der Waals surface area contributed by atoms with Gasteiger partial charge in [-0.05, 0) is 29.3 Å². The van der Waals surface area contributed by atoms with Crippen LogP contribution in [0.3, 0.4) is 0 Å². The number of rotatable bonds is 5. The summed E-state index contributed by atoms with van der Waals surface area (Å²) in [5, 5.41) is 6.72.